The maximum absolute atomic E-state index is 13.1. The molecule has 198 valence electrons. The first-order valence-electron chi connectivity index (χ1n) is 13.6. The summed E-state index contributed by atoms with van der Waals surface area (Å²) in [6.07, 6.45) is 2.34. The van der Waals surface area contributed by atoms with Crippen LogP contribution in [0.25, 0.3) is 11.0 Å². The van der Waals surface area contributed by atoms with Crippen molar-refractivity contribution in [3.8, 4) is 11.5 Å². The molecule has 0 saturated carbocycles. The Balaban J connectivity index is 1.30. The lowest BCUT2D eigenvalue weighted by molar-refractivity contribution is -0.117. The summed E-state index contributed by atoms with van der Waals surface area (Å²) in [5, 5.41) is 0. The Hall–Kier alpha value is -3.80. The zero-order chi connectivity index (χ0) is 26.6. The molecule has 1 atom stereocenters. The zero-order valence-corrected chi connectivity index (χ0v) is 22.8. The van der Waals surface area contributed by atoms with E-state index in [1.165, 1.54) is 11.1 Å². The Morgan fingerprint density at radius 3 is 2.61 bits per heavy atom. The number of hydrogen-bond donors (Lipinski definition) is 0. The number of aryl methyl sites for hydroxylation is 2. The fourth-order valence-electron chi connectivity index (χ4n) is 5.40. The molecule has 6 nitrogen and oxygen atoms in total. The lowest BCUT2D eigenvalue weighted by Gasteiger charge is -2.20. The predicted molar refractivity (Wildman–Crippen MR) is 152 cm³/mol. The fraction of sp³-hybridized carbons (Fsp3) is 0.375. The Kier molecular flexibility index (Phi) is 7.68. The summed E-state index contributed by atoms with van der Waals surface area (Å²) in [5.74, 6) is 3.25. The summed E-state index contributed by atoms with van der Waals surface area (Å²) in [6.45, 7) is 8.61. The van der Waals surface area contributed by atoms with Crippen LogP contribution in [0, 0.1) is 6.92 Å². The largest absolute Gasteiger partial charge is 0.495 e. The summed E-state index contributed by atoms with van der Waals surface area (Å²) < 4.78 is 14.1. The molecule has 0 spiro atoms. The van der Waals surface area contributed by atoms with Gasteiger partial charge in [0.25, 0.3) is 0 Å². The highest BCUT2D eigenvalue weighted by Crippen LogP contribution is 2.37. The van der Waals surface area contributed by atoms with Gasteiger partial charge in [-0.05, 0) is 67.1 Å². The number of rotatable bonds is 10. The highest BCUT2D eigenvalue weighted by molar-refractivity contribution is 5.97. The smallest absolute Gasteiger partial charge is 0.227 e. The van der Waals surface area contributed by atoms with Crippen LogP contribution < -0.4 is 14.4 Å². The van der Waals surface area contributed by atoms with Crippen LogP contribution in [0.4, 0.5) is 5.69 Å². The Bertz CT molecular complexity index is 1420. The van der Waals surface area contributed by atoms with E-state index in [-0.39, 0.29) is 11.8 Å². The number of nitrogens with zero attached hydrogens (tertiary/aromatic N) is 3. The Morgan fingerprint density at radius 2 is 1.79 bits per heavy atom. The van der Waals surface area contributed by atoms with Crippen LogP contribution in [0.5, 0.6) is 11.5 Å². The molecule has 5 rings (SSSR count). The fourth-order valence-corrected chi connectivity index (χ4v) is 5.40. The van der Waals surface area contributed by atoms with E-state index in [0.717, 1.165) is 47.7 Å². The van der Waals surface area contributed by atoms with E-state index < -0.39 is 0 Å². The quantitative estimate of drug-likeness (QED) is 0.218. The summed E-state index contributed by atoms with van der Waals surface area (Å²) in [5.41, 5.74) is 5.38. The van der Waals surface area contributed by atoms with Crippen LogP contribution in [0.3, 0.4) is 0 Å². The third-order valence-corrected chi connectivity index (χ3v) is 7.37. The van der Waals surface area contributed by atoms with E-state index in [9.17, 15) is 4.79 Å². The number of aromatic nitrogens is 2. The third-order valence-electron chi connectivity index (χ3n) is 7.37. The number of imidazole rings is 1. The molecule has 1 unspecified atom stereocenters. The minimum absolute atomic E-state index is 0.0250. The van der Waals surface area contributed by atoms with Gasteiger partial charge in [0.05, 0.1) is 30.4 Å². The van der Waals surface area contributed by atoms with Crippen molar-refractivity contribution in [2.75, 3.05) is 25.2 Å². The van der Waals surface area contributed by atoms with E-state index in [2.05, 4.69) is 61.7 Å². The molecule has 2 heterocycles. The van der Waals surface area contributed by atoms with Gasteiger partial charge in [0.15, 0.2) is 0 Å². The number of hydrogen-bond acceptors (Lipinski definition) is 4. The van der Waals surface area contributed by atoms with Crippen molar-refractivity contribution in [1.29, 1.82) is 0 Å². The maximum Gasteiger partial charge on any atom is 0.227 e. The van der Waals surface area contributed by atoms with Gasteiger partial charge < -0.3 is 18.9 Å². The van der Waals surface area contributed by atoms with Crippen LogP contribution in [-0.2, 0) is 11.3 Å². The van der Waals surface area contributed by atoms with Crippen molar-refractivity contribution in [2.24, 2.45) is 0 Å². The highest BCUT2D eigenvalue weighted by Gasteiger charge is 2.35. The number of carbonyl (C=O) groups is 1. The van der Waals surface area contributed by atoms with Crippen molar-refractivity contribution in [2.45, 2.75) is 58.4 Å². The molecule has 1 aliphatic rings. The standard InChI is InChI=1S/C32H37N3O3/c1-22(2)25-16-15-23(3)19-30(25)38-18-10-9-17-34-27-12-6-5-11-26(27)33-32(34)24-20-31(36)35(21-24)28-13-7-8-14-29(28)37-4/h5-8,11-16,19,22,24H,9-10,17-18,20-21H2,1-4H3. The number of benzene rings is 3. The number of anilines is 1. The number of unbranched alkanes of at least 4 members (excludes halogenated alkanes) is 1. The van der Waals surface area contributed by atoms with Crippen molar-refractivity contribution < 1.29 is 14.3 Å². The molecule has 1 amide bonds. The Labute approximate surface area is 225 Å². The highest BCUT2D eigenvalue weighted by atomic mass is 16.5. The van der Waals surface area contributed by atoms with E-state index in [1.807, 2.05) is 35.2 Å². The van der Waals surface area contributed by atoms with Gasteiger partial charge in [0.1, 0.15) is 17.3 Å². The monoisotopic (exact) mass is 511 g/mol. The van der Waals surface area contributed by atoms with Crippen LogP contribution in [-0.4, -0.2) is 35.7 Å². The molecule has 6 heteroatoms. The van der Waals surface area contributed by atoms with E-state index in [0.29, 0.717) is 31.2 Å². The van der Waals surface area contributed by atoms with E-state index >= 15 is 0 Å². The first-order chi connectivity index (χ1) is 18.5. The average Bonchev–Trinajstić information content (AvgIpc) is 3.48. The molecule has 3 aromatic carbocycles. The summed E-state index contributed by atoms with van der Waals surface area (Å²) >= 11 is 0. The molecule has 1 aliphatic heterocycles. The number of fused-ring (bicyclic) bond motifs is 1. The number of carbonyl (C=O) groups excluding carboxylic acids is 1. The van der Waals surface area contributed by atoms with Crippen molar-refractivity contribution in [3.63, 3.8) is 0 Å². The van der Waals surface area contributed by atoms with Crippen molar-refractivity contribution >= 4 is 22.6 Å². The third kappa shape index (κ3) is 5.26. The van der Waals surface area contributed by atoms with Gasteiger partial charge in [-0.3, -0.25) is 4.79 Å². The van der Waals surface area contributed by atoms with Gasteiger partial charge in [0, 0.05) is 25.4 Å². The van der Waals surface area contributed by atoms with Crippen molar-refractivity contribution in [1.82, 2.24) is 9.55 Å². The van der Waals surface area contributed by atoms with Gasteiger partial charge in [-0.2, -0.15) is 0 Å². The predicted octanol–water partition coefficient (Wildman–Crippen LogP) is 6.86. The maximum atomic E-state index is 13.1. The summed E-state index contributed by atoms with van der Waals surface area (Å²) in [6, 6.07) is 22.4. The number of ether oxygens (including phenoxy) is 2. The second-order valence-corrected chi connectivity index (χ2v) is 10.4. The minimum Gasteiger partial charge on any atom is -0.495 e. The molecule has 0 N–H and O–H groups in total. The molecule has 1 aromatic heterocycles. The van der Waals surface area contributed by atoms with Crippen molar-refractivity contribution in [3.05, 3.63) is 83.7 Å². The molecular formula is C32H37N3O3. The second-order valence-electron chi connectivity index (χ2n) is 10.4. The number of amides is 1. The van der Waals surface area contributed by atoms with Gasteiger partial charge in [-0.15, -0.1) is 0 Å². The normalized spacial score (nSPS) is 15.6. The molecule has 1 saturated heterocycles. The molecule has 0 bridgehead atoms. The van der Waals surface area contributed by atoms with Gasteiger partial charge in [0.2, 0.25) is 5.91 Å². The number of methoxy groups -OCH3 is 1. The summed E-state index contributed by atoms with van der Waals surface area (Å²) in [7, 11) is 1.64. The zero-order valence-electron chi connectivity index (χ0n) is 22.8. The van der Waals surface area contributed by atoms with Gasteiger partial charge in [-0.1, -0.05) is 50.2 Å². The van der Waals surface area contributed by atoms with Gasteiger partial charge >= 0.3 is 0 Å². The van der Waals surface area contributed by atoms with Crippen LogP contribution in [0.1, 0.15) is 61.9 Å². The molecule has 0 aliphatic carbocycles. The molecular weight excluding hydrogens is 474 g/mol. The SMILES string of the molecule is COc1ccccc1N1CC(c2nc3ccccc3n2CCCCOc2cc(C)ccc2C(C)C)CC1=O. The topological polar surface area (TPSA) is 56.6 Å². The second kappa shape index (κ2) is 11.3. The minimum atomic E-state index is 0.0250. The lowest BCUT2D eigenvalue weighted by Crippen LogP contribution is -2.25. The van der Waals surface area contributed by atoms with Crippen LogP contribution >= 0.6 is 0 Å². The van der Waals surface area contributed by atoms with Crippen LogP contribution in [0.15, 0.2) is 66.7 Å². The lowest BCUT2D eigenvalue weighted by atomic mass is 10.0. The molecule has 1 fully saturated rings. The Morgan fingerprint density at radius 1 is 1.00 bits per heavy atom. The summed E-state index contributed by atoms with van der Waals surface area (Å²) in [4.78, 5) is 20.0. The molecule has 38 heavy (non-hydrogen) atoms. The average molecular weight is 512 g/mol. The van der Waals surface area contributed by atoms with E-state index in [1.54, 1.807) is 7.11 Å². The van der Waals surface area contributed by atoms with Gasteiger partial charge in [-0.25, -0.2) is 4.98 Å². The first kappa shape index (κ1) is 25.8. The number of para-hydroxylation sites is 4. The van der Waals surface area contributed by atoms with Crippen LogP contribution in [0.2, 0.25) is 0 Å². The molecule has 0 radical (unpaired) electrons. The van der Waals surface area contributed by atoms with E-state index in [4.69, 9.17) is 14.5 Å². The molecule has 4 aromatic rings. The first-order valence-corrected chi connectivity index (χ1v) is 13.6.